The summed E-state index contributed by atoms with van der Waals surface area (Å²) in [6.45, 7) is 4.14. The molecular formula is C22H27ClN4O4. The van der Waals surface area contributed by atoms with E-state index in [0.29, 0.717) is 41.5 Å². The molecule has 0 saturated carbocycles. The highest BCUT2D eigenvalue weighted by Gasteiger charge is 2.43. The average Bonchev–Trinajstić information content (AvgIpc) is 3.39. The Kier molecular flexibility index (Phi) is 6.48. The number of halogens is 1. The van der Waals surface area contributed by atoms with Crippen LogP contribution in [0.5, 0.6) is 0 Å². The first kappa shape index (κ1) is 21.6. The normalized spacial score (nSPS) is 23.3. The van der Waals surface area contributed by atoms with Crippen molar-refractivity contribution in [1.29, 1.82) is 0 Å². The maximum Gasteiger partial charge on any atom is 0.322 e. The zero-order valence-electron chi connectivity index (χ0n) is 17.5. The maximum absolute atomic E-state index is 13.3. The number of amides is 4. The molecule has 3 aliphatic rings. The van der Waals surface area contributed by atoms with E-state index in [1.54, 1.807) is 15.9 Å². The van der Waals surface area contributed by atoms with Crippen LogP contribution in [0.15, 0.2) is 35.5 Å². The minimum atomic E-state index is -0.607. The Morgan fingerprint density at radius 3 is 2.84 bits per heavy atom. The summed E-state index contributed by atoms with van der Waals surface area (Å²) in [5.41, 5.74) is 1.89. The Hall–Kier alpha value is -2.58. The second kappa shape index (κ2) is 9.28. The summed E-state index contributed by atoms with van der Waals surface area (Å²) in [4.78, 5) is 41.4. The molecule has 2 atom stereocenters. The molecule has 4 rings (SSSR count). The Morgan fingerprint density at radius 2 is 2.13 bits per heavy atom. The van der Waals surface area contributed by atoms with Gasteiger partial charge in [0.05, 0.1) is 30.0 Å². The summed E-state index contributed by atoms with van der Waals surface area (Å²) in [5, 5.41) is 6.29. The number of likely N-dealkylation sites (N-methyl/N-ethyl adjacent to an activating group) is 1. The molecule has 3 heterocycles. The monoisotopic (exact) mass is 446 g/mol. The number of nitrogens with zero attached hydrogens (tertiary/aromatic N) is 2. The van der Waals surface area contributed by atoms with Gasteiger partial charge < -0.3 is 20.3 Å². The van der Waals surface area contributed by atoms with Gasteiger partial charge in [0, 0.05) is 37.7 Å². The van der Waals surface area contributed by atoms with Gasteiger partial charge in [0.25, 0.3) is 5.91 Å². The van der Waals surface area contributed by atoms with Crippen molar-refractivity contribution in [3.05, 3.63) is 46.1 Å². The molecule has 8 nitrogen and oxygen atoms in total. The van der Waals surface area contributed by atoms with E-state index in [-0.39, 0.29) is 36.9 Å². The molecule has 1 saturated heterocycles. The van der Waals surface area contributed by atoms with Crippen molar-refractivity contribution in [2.45, 2.75) is 38.3 Å². The summed E-state index contributed by atoms with van der Waals surface area (Å²) < 4.78 is 5.52. The van der Waals surface area contributed by atoms with Crippen molar-refractivity contribution in [1.82, 2.24) is 20.4 Å². The van der Waals surface area contributed by atoms with E-state index >= 15 is 0 Å². The molecule has 0 unspecified atom stereocenters. The summed E-state index contributed by atoms with van der Waals surface area (Å²) in [5.74, 6) is -0.289. The Morgan fingerprint density at radius 1 is 1.32 bits per heavy atom. The molecule has 1 fully saturated rings. The summed E-state index contributed by atoms with van der Waals surface area (Å²) in [6.07, 6.45) is 2.26. The molecule has 0 radical (unpaired) electrons. The van der Waals surface area contributed by atoms with Gasteiger partial charge in [0.15, 0.2) is 0 Å². The van der Waals surface area contributed by atoms with Gasteiger partial charge in [0.1, 0.15) is 0 Å². The van der Waals surface area contributed by atoms with Crippen molar-refractivity contribution in [2.24, 2.45) is 0 Å². The lowest BCUT2D eigenvalue weighted by Crippen LogP contribution is -2.47. The van der Waals surface area contributed by atoms with Gasteiger partial charge in [0.2, 0.25) is 5.91 Å². The maximum atomic E-state index is 13.3. The van der Waals surface area contributed by atoms with E-state index in [1.165, 1.54) is 0 Å². The lowest BCUT2D eigenvalue weighted by molar-refractivity contribution is -0.127. The van der Waals surface area contributed by atoms with Crippen LogP contribution in [0.25, 0.3) is 0 Å². The highest BCUT2D eigenvalue weighted by molar-refractivity contribution is 6.31. The topological polar surface area (TPSA) is 91.0 Å². The number of benzene rings is 1. The van der Waals surface area contributed by atoms with E-state index in [4.69, 9.17) is 16.3 Å². The van der Waals surface area contributed by atoms with E-state index in [1.807, 2.05) is 25.1 Å². The number of nitrogens with one attached hydrogen (secondary N) is 2. The first-order valence-corrected chi connectivity index (χ1v) is 11.1. The molecule has 0 aromatic heterocycles. The lowest BCUT2D eigenvalue weighted by Gasteiger charge is -2.33. The summed E-state index contributed by atoms with van der Waals surface area (Å²) in [6, 6.07) is 6.33. The van der Waals surface area contributed by atoms with Gasteiger partial charge in [-0.3, -0.25) is 14.5 Å². The number of urea groups is 1. The van der Waals surface area contributed by atoms with E-state index in [0.717, 1.165) is 19.4 Å². The van der Waals surface area contributed by atoms with Crippen LogP contribution in [0.1, 0.15) is 37.8 Å². The Labute approximate surface area is 186 Å². The standard InChI is InChI=1S/C22H27ClN4O4/c1-2-27-17-13-26(10-9-18(28)24-12-14-6-5-11-31-14)21(29)19(17)20(25-22(27)30)15-7-3-4-8-16(15)23/h3-4,7-8,14,20H,2,5-6,9-13H2,1H3,(H,24,28)(H,25,30)/t14-,20+/m1/s1. The molecule has 0 bridgehead atoms. The fourth-order valence-corrected chi connectivity index (χ4v) is 4.61. The molecule has 1 aromatic carbocycles. The van der Waals surface area contributed by atoms with Crippen molar-refractivity contribution in [3.63, 3.8) is 0 Å². The first-order chi connectivity index (χ1) is 15.0. The second-order valence-electron chi connectivity index (χ2n) is 7.92. The van der Waals surface area contributed by atoms with E-state index in [9.17, 15) is 14.4 Å². The fourth-order valence-electron chi connectivity index (χ4n) is 4.36. The number of hydrogen-bond acceptors (Lipinski definition) is 4. The van der Waals surface area contributed by atoms with Gasteiger partial charge in [-0.2, -0.15) is 0 Å². The van der Waals surface area contributed by atoms with Crippen molar-refractivity contribution in [2.75, 3.05) is 32.8 Å². The Balaban J connectivity index is 1.46. The van der Waals surface area contributed by atoms with Crippen LogP contribution >= 0.6 is 11.6 Å². The Bertz CT molecular complexity index is 913. The van der Waals surface area contributed by atoms with Gasteiger partial charge in [-0.25, -0.2) is 4.79 Å². The summed E-state index contributed by atoms with van der Waals surface area (Å²) in [7, 11) is 0. The molecule has 4 amide bonds. The van der Waals surface area contributed by atoms with Crippen LogP contribution in [-0.2, 0) is 14.3 Å². The van der Waals surface area contributed by atoms with Crippen LogP contribution in [0.2, 0.25) is 5.02 Å². The summed E-state index contributed by atoms with van der Waals surface area (Å²) >= 11 is 6.37. The highest BCUT2D eigenvalue weighted by Crippen LogP contribution is 2.38. The zero-order chi connectivity index (χ0) is 22.0. The van der Waals surface area contributed by atoms with Crippen LogP contribution < -0.4 is 10.6 Å². The van der Waals surface area contributed by atoms with Gasteiger partial charge in [-0.05, 0) is 31.4 Å². The molecule has 166 valence electrons. The predicted octanol–water partition coefficient (Wildman–Crippen LogP) is 2.21. The number of hydrogen-bond donors (Lipinski definition) is 2. The predicted molar refractivity (Wildman–Crippen MR) is 115 cm³/mol. The highest BCUT2D eigenvalue weighted by atomic mass is 35.5. The number of carbonyl (C=O) groups excluding carboxylic acids is 3. The third-order valence-corrected chi connectivity index (χ3v) is 6.33. The number of ether oxygens (including phenoxy) is 1. The SMILES string of the molecule is CCN1C(=O)N[C@@H](c2ccccc2Cl)C2=C1CN(CCC(=O)NC[C@H]1CCCO1)C2=O. The number of rotatable bonds is 7. The average molecular weight is 447 g/mol. The van der Waals surface area contributed by atoms with Crippen molar-refractivity contribution < 1.29 is 19.1 Å². The van der Waals surface area contributed by atoms with Crippen LogP contribution in [-0.4, -0.2) is 66.5 Å². The zero-order valence-corrected chi connectivity index (χ0v) is 18.3. The molecule has 3 aliphatic heterocycles. The van der Waals surface area contributed by atoms with Gasteiger partial charge in [-0.15, -0.1) is 0 Å². The van der Waals surface area contributed by atoms with Crippen LogP contribution in [0, 0.1) is 0 Å². The molecule has 31 heavy (non-hydrogen) atoms. The smallest absolute Gasteiger partial charge is 0.322 e. The lowest BCUT2D eigenvalue weighted by atomic mass is 9.95. The quantitative estimate of drug-likeness (QED) is 0.671. The molecule has 9 heteroatoms. The van der Waals surface area contributed by atoms with Gasteiger partial charge in [-0.1, -0.05) is 29.8 Å². The van der Waals surface area contributed by atoms with Crippen molar-refractivity contribution in [3.8, 4) is 0 Å². The molecule has 2 N–H and O–H groups in total. The van der Waals surface area contributed by atoms with Crippen LogP contribution in [0.4, 0.5) is 4.79 Å². The third kappa shape index (κ3) is 4.41. The fraction of sp³-hybridized carbons (Fsp3) is 0.500. The van der Waals surface area contributed by atoms with E-state index < -0.39 is 6.04 Å². The number of carbonyl (C=O) groups is 3. The van der Waals surface area contributed by atoms with Crippen LogP contribution in [0.3, 0.4) is 0 Å². The second-order valence-corrected chi connectivity index (χ2v) is 8.33. The minimum absolute atomic E-state index is 0.0814. The molecule has 0 spiro atoms. The largest absolute Gasteiger partial charge is 0.376 e. The van der Waals surface area contributed by atoms with Crippen molar-refractivity contribution >= 4 is 29.4 Å². The molecular weight excluding hydrogens is 420 g/mol. The van der Waals surface area contributed by atoms with Gasteiger partial charge >= 0.3 is 6.03 Å². The molecule has 0 aliphatic carbocycles. The van der Waals surface area contributed by atoms with E-state index in [2.05, 4.69) is 10.6 Å². The third-order valence-electron chi connectivity index (χ3n) is 5.99. The first-order valence-electron chi connectivity index (χ1n) is 10.7. The minimum Gasteiger partial charge on any atom is -0.376 e. The molecule has 1 aromatic rings.